The first kappa shape index (κ1) is 14.3. The maximum atomic E-state index is 11.0. The van der Waals surface area contributed by atoms with E-state index in [0.717, 1.165) is 11.3 Å². The van der Waals surface area contributed by atoms with Gasteiger partial charge in [0, 0.05) is 5.56 Å². The lowest BCUT2D eigenvalue weighted by Crippen LogP contribution is -2.25. The molecule has 98 valence electrons. The maximum Gasteiger partial charge on any atom is 0.309 e. The van der Waals surface area contributed by atoms with Crippen LogP contribution in [0.3, 0.4) is 0 Å². The summed E-state index contributed by atoms with van der Waals surface area (Å²) < 4.78 is 5.66. The van der Waals surface area contributed by atoms with E-state index in [-0.39, 0.29) is 0 Å². The number of carboxylic acids is 1. The summed E-state index contributed by atoms with van der Waals surface area (Å²) >= 11 is 0. The molecule has 0 saturated carbocycles. The summed E-state index contributed by atoms with van der Waals surface area (Å²) in [7, 11) is 0. The van der Waals surface area contributed by atoms with Gasteiger partial charge in [-0.25, -0.2) is 0 Å². The third kappa shape index (κ3) is 3.91. The molecule has 1 aromatic carbocycles. The fraction of sp³-hybridized carbons (Fsp3) is 0.400. The Morgan fingerprint density at radius 2 is 2.06 bits per heavy atom. The van der Waals surface area contributed by atoms with Crippen molar-refractivity contribution < 1.29 is 14.6 Å². The summed E-state index contributed by atoms with van der Waals surface area (Å²) in [5, 5.41) is 9.01. The highest BCUT2D eigenvalue weighted by molar-refractivity contribution is 5.73. The Bertz CT molecular complexity index is 433. The fourth-order valence-electron chi connectivity index (χ4n) is 1.45. The van der Waals surface area contributed by atoms with Crippen LogP contribution in [0.2, 0.25) is 0 Å². The molecule has 0 bridgehead atoms. The number of benzene rings is 1. The molecule has 0 aliphatic carbocycles. The highest BCUT2D eigenvalue weighted by Gasteiger charge is 2.26. The molecular formula is C15H20O3. The van der Waals surface area contributed by atoms with Crippen LogP contribution in [0.4, 0.5) is 0 Å². The highest BCUT2D eigenvalue weighted by Crippen LogP contribution is 2.23. The van der Waals surface area contributed by atoms with Crippen LogP contribution < -0.4 is 4.74 Å². The van der Waals surface area contributed by atoms with Crippen molar-refractivity contribution in [3.8, 4) is 5.75 Å². The van der Waals surface area contributed by atoms with Crippen LogP contribution in [0.15, 0.2) is 30.3 Å². The minimum Gasteiger partial charge on any atom is -0.493 e. The van der Waals surface area contributed by atoms with Crippen LogP contribution in [0.5, 0.6) is 5.75 Å². The molecule has 1 N–H and O–H groups in total. The molecule has 0 aliphatic heterocycles. The minimum absolute atomic E-state index is 0.397. The molecule has 0 amide bonds. The van der Waals surface area contributed by atoms with E-state index < -0.39 is 11.4 Å². The SMILES string of the molecule is CC=Cc1ccccc1OCCC(C)(C)C(=O)O. The van der Waals surface area contributed by atoms with Gasteiger partial charge in [0.05, 0.1) is 12.0 Å². The van der Waals surface area contributed by atoms with E-state index in [4.69, 9.17) is 9.84 Å². The number of allylic oxidation sites excluding steroid dienone is 1. The van der Waals surface area contributed by atoms with Gasteiger partial charge >= 0.3 is 5.97 Å². The number of hydrogen-bond donors (Lipinski definition) is 1. The van der Waals surface area contributed by atoms with E-state index >= 15 is 0 Å². The van der Waals surface area contributed by atoms with Gasteiger partial charge in [-0.15, -0.1) is 0 Å². The molecular weight excluding hydrogens is 228 g/mol. The van der Waals surface area contributed by atoms with Gasteiger partial charge in [0.15, 0.2) is 0 Å². The number of carbonyl (C=O) groups is 1. The molecule has 0 unspecified atom stereocenters. The monoisotopic (exact) mass is 248 g/mol. The van der Waals surface area contributed by atoms with Crippen molar-refractivity contribution in [1.29, 1.82) is 0 Å². The molecule has 0 atom stereocenters. The second-order valence-electron chi connectivity index (χ2n) is 4.83. The molecule has 0 aliphatic rings. The lowest BCUT2D eigenvalue weighted by atomic mass is 9.90. The van der Waals surface area contributed by atoms with Crippen molar-refractivity contribution in [3.05, 3.63) is 35.9 Å². The quantitative estimate of drug-likeness (QED) is 0.836. The van der Waals surface area contributed by atoms with Crippen molar-refractivity contribution in [2.75, 3.05) is 6.61 Å². The molecule has 18 heavy (non-hydrogen) atoms. The van der Waals surface area contributed by atoms with Gasteiger partial charge in [-0.3, -0.25) is 4.79 Å². The maximum absolute atomic E-state index is 11.0. The summed E-state index contributed by atoms with van der Waals surface area (Å²) in [6.45, 7) is 5.76. The predicted octanol–water partition coefficient (Wildman–Crippen LogP) is 3.60. The molecule has 1 aromatic rings. The molecule has 0 aromatic heterocycles. The molecule has 0 fully saturated rings. The van der Waals surface area contributed by atoms with Gasteiger partial charge in [-0.1, -0.05) is 30.4 Å². The number of para-hydroxylation sites is 1. The zero-order chi connectivity index (χ0) is 13.6. The predicted molar refractivity (Wildman–Crippen MR) is 72.7 cm³/mol. The van der Waals surface area contributed by atoms with Gasteiger partial charge < -0.3 is 9.84 Å². The van der Waals surface area contributed by atoms with E-state index in [2.05, 4.69) is 0 Å². The van der Waals surface area contributed by atoms with E-state index in [1.807, 2.05) is 43.3 Å². The van der Waals surface area contributed by atoms with Crippen molar-refractivity contribution in [1.82, 2.24) is 0 Å². The second-order valence-corrected chi connectivity index (χ2v) is 4.83. The van der Waals surface area contributed by atoms with Gasteiger partial charge in [-0.2, -0.15) is 0 Å². The Labute approximate surface area is 108 Å². The van der Waals surface area contributed by atoms with Gasteiger partial charge in [0.1, 0.15) is 5.75 Å². The van der Waals surface area contributed by atoms with Crippen LogP contribution in [-0.4, -0.2) is 17.7 Å². The largest absolute Gasteiger partial charge is 0.493 e. The van der Waals surface area contributed by atoms with Gasteiger partial charge in [0.2, 0.25) is 0 Å². The first-order chi connectivity index (χ1) is 8.47. The Morgan fingerprint density at radius 3 is 2.67 bits per heavy atom. The number of ether oxygens (including phenoxy) is 1. The number of rotatable bonds is 6. The Kier molecular flexibility index (Phi) is 4.95. The molecule has 0 radical (unpaired) electrons. The third-order valence-electron chi connectivity index (χ3n) is 2.83. The summed E-state index contributed by atoms with van der Waals surface area (Å²) in [4.78, 5) is 11.0. The van der Waals surface area contributed by atoms with Crippen LogP contribution >= 0.6 is 0 Å². The van der Waals surface area contributed by atoms with E-state index in [0.29, 0.717) is 13.0 Å². The Hall–Kier alpha value is -1.77. The number of aliphatic carboxylic acids is 1. The van der Waals surface area contributed by atoms with E-state index in [9.17, 15) is 4.79 Å². The summed E-state index contributed by atoms with van der Waals surface area (Å²) in [6, 6.07) is 7.72. The first-order valence-corrected chi connectivity index (χ1v) is 6.05. The molecule has 3 nitrogen and oxygen atoms in total. The molecule has 0 heterocycles. The zero-order valence-electron chi connectivity index (χ0n) is 11.1. The zero-order valence-corrected chi connectivity index (χ0v) is 11.1. The average molecular weight is 248 g/mol. The topological polar surface area (TPSA) is 46.5 Å². The van der Waals surface area contributed by atoms with Crippen LogP contribution in [-0.2, 0) is 4.79 Å². The standard InChI is InChI=1S/C15H20O3/c1-4-7-12-8-5-6-9-13(12)18-11-10-15(2,3)14(16)17/h4-9H,10-11H2,1-3H3,(H,16,17). The number of carboxylic acid groups (broad SMARTS) is 1. The average Bonchev–Trinajstić information content (AvgIpc) is 2.31. The number of hydrogen-bond acceptors (Lipinski definition) is 2. The van der Waals surface area contributed by atoms with E-state index in [1.165, 1.54) is 0 Å². The van der Waals surface area contributed by atoms with Crippen molar-refractivity contribution in [2.24, 2.45) is 5.41 Å². The van der Waals surface area contributed by atoms with Crippen molar-refractivity contribution in [3.63, 3.8) is 0 Å². The van der Waals surface area contributed by atoms with Crippen molar-refractivity contribution in [2.45, 2.75) is 27.2 Å². The summed E-state index contributed by atoms with van der Waals surface area (Å²) in [5.41, 5.74) is 0.253. The van der Waals surface area contributed by atoms with Crippen LogP contribution in [0.1, 0.15) is 32.8 Å². The fourth-order valence-corrected chi connectivity index (χ4v) is 1.45. The van der Waals surface area contributed by atoms with Gasteiger partial charge in [0.25, 0.3) is 0 Å². The highest BCUT2D eigenvalue weighted by atomic mass is 16.5. The lowest BCUT2D eigenvalue weighted by molar-refractivity contribution is -0.147. The second kappa shape index (κ2) is 6.24. The summed E-state index contributed by atoms with van der Waals surface area (Å²) in [6.07, 6.45) is 4.40. The minimum atomic E-state index is -0.798. The lowest BCUT2D eigenvalue weighted by Gasteiger charge is -2.19. The van der Waals surface area contributed by atoms with Crippen LogP contribution in [0.25, 0.3) is 6.08 Å². The summed E-state index contributed by atoms with van der Waals surface area (Å²) in [5.74, 6) is -0.00960. The molecule has 0 spiro atoms. The van der Waals surface area contributed by atoms with Gasteiger partial charge in [-0.05, 0) is 33.3 Å². The molecule has 0 saturated heterocycles. The normalized spacial score (nSPS) is 11.7. The van der Waals surface area contributed by atoms with E-state index in [1.54, 1.807) is 13.8 Å². The smallest absolute Gasteiger partial charge is 0.309 e. The molecule has 3 heteroatoms. The molecule has 1 rings (SSSR count). The Balaban J connectivity index is 2.62. The Morgan fingerprint density at radius 1 is 1.39 bits per heavy atom. The van der Waals surface area contributed by atoms with Crippen molar-refractivity contribution >= 4 is 12.0 Å². The van der Waals surface area contributed by atoms with Crippen LogP contribution in [0, 0.1) is 5.41 Å². The first-order valence-electron chi connectivity index (χ1n) is 6.05. The third-order valence-corrected chi connectivity index (χ3v) is 2.83.